The molecule has 0 saturated heterocycles. The van der Waals surface area contributed by atoms with Crippen LogP contribution in [0.1, 0.15) is 37.3 Å². The van der Waals surface area contributed by atoms with Crippen molar-refractivity contribution >= 4 is 15.9 Å². The van der Waals surface area contributed by atoms with Gasteiger partial charge >= 0.3 is 0 Å². The van der Waals surface area contributed by atoms with Crippen LogP contribution in [0.2, 0.25) is 0 Å². The molecule has 1 aromatic carbocycles. The SMILES string of the molecule is O=c1cc(C2CCCC2)nc(-c2cc(F)ccc2Br)[nH]1. The fraction of sp³-hybridized carbons (Fsp3) is 0.333. The second kappa shape index (κ2) is 5.48. The minimum Gasteiger partial charge on any atom is -0.306 e. The minimum absolute atomic E-state index is 0.187. The van der Waals surface area contributed by atoms with Crippen molar-refractivity contribution in [3.8, 4) is 11.4 Å². The van der Waals surface area contributed by atoms with Crippen LogP contribution < -0.4 is 5.56 Å². The topological polar surface area (TPSA) is 45.8 Å². The van der Waals surface area contributed by atoms with Gasteiger partial charge in [0.1, 0.15) is 11.6 Å². The zero-order chi connectivity index (χ0) is 14.1. The lowest BCUT2D eigenvalue weighted by molar-refractivity contribution is 0.627. The number of nitrogens with zero attached hydrogens (tertiary/aromatic N) is 1. The van der Waals surface area contributed by atoms with Gasteiger partial charge in [0.15, 0.2) is 0 Å². The van der Waals surface area contributed by atoms with Crippen LogP contribution in [0, 0.1) is 5.82 Å². The maximum absolute atomic E-state index is 13.4. The molecule has 1 fully saturated rings. The Kier molecular flexibility index (Phi) is 3.70. The van der Waals surface area contributed by atoms with Gasteiger partial charge in [-0.25, -0.2) is 9.37 Å². The molecule has 3 nitrogen and oxygen atoms in total. The first-order valence-corrected chi connectivity index (χ1v) is 7.49. The maximum Gasteiger partial charge on any atom is 0.251 e. The van der Waals surface area contributed by atoms with Crippen LogP contribution >= 0.6 is 15.9 Å². The molecule has 2 aromatic rings. The molecule has 3 rings (SSSR count). The van der Waals surface area contributed by atoms with Gasteiger partial charge in [-0.05, 0) is 31.0 Å². The summed E-state index contributed by atoms with van der Waals surface area (Å²) in [7, 11) is 0. The number of hydrogen-bond acceptors (Lipinski definition) is 2. The summed E-state index contributed by atoms with van der Waals surface area (Å²) < 4.78 is 14.1. The van der Waals surface area contributed by atoms with Crippen LogP contribution in [0.25, 0.3) is 11.4 Å². The Hall–Kier alpha value is -1.49. The van der Waals surface area contributed by atoms with Crippen LogP contribution in [0.3, 0.4) is 0 Å². The molecular formula is C15H14BrFN2O. The van der Waals surface area contributed by atoms with E-state index in [1.165, 1.54) is 25.0 Å². The van der Waals surface area contributed by atoms with Crippen molar-refractivity contribution in [2.45, 2.75) is 31.6 Å². The highest BCUT2D eigenvalue weighted by atomic mass is 79.9. The molecule has 0 radical (unpaired) electrons. The van der Waals surface area contributed by atoms with Gasteiger partial charge in [0, 0.05) is 22.0 Å². The van der Waals surface area contributed by atoms with Crippen LogP contribution in [-0.2, 0) is 0 Å². The average molecular weight is 337 g/mol. The fourth-order valence-corrected chi connectivity index (χ4v) is 3.15. The molecule has 0 unspecified atom stereocenters. The van der Waals surface area contributed by atoms with E-state index in [-0.39, 0.29) is 11.4 Å². The fourth-order valence-electron chi connectivity index (χ4n) is 2.71. The monoisotopic (exact) mass is 336 g/mol. The van der Waals surface area contributed by atoms with Gasteiger partial charge in [-0.3, -0.25) is 4.79 Å². The summed E-state index contributed by atoms with van der Waals surface area (Å²) in [5, 5.41) is 0. The van der Waals surface area contributed by atoms with Crippen LogP contribution in [0.15, 0.2) is 33.5 Å². The van der Waals surface area contributed by atoms with E-state index in [1.54, 1.807) is 12.1 Å². The minimum atomic E-state index is -0.350. The third kappa shape index (κ3) is 2.68. The van der Waals surface area contributed by atoms with Crippen molar-refractivity contribution in [1.29, 1.82) is 0 Å². The Morgan fingerprint density at radius 2 is 2.00 bits per heavy atom. The van der Waals surface area contributed by atoms with Gasteiger partial charge in [-0.1, -0.05) is 28.8 Å². The molecule has 20 heavy (non-hydrogen) atoms. The molecule has 0 amide bonds. The van der Waals surface area contributed by atoms with E-state index in [1.807, 2.05) is 0 Å². The smallest absolute Gasteiger partial charge is 0.251 e. The van der Waals surface area contributed by atoms with E-state index in [9.17, 15) is 9.18 Å². The summed E-state index contributed by atoms with van der Waals surface area (Å²) in [6, 6.07) is 5.92. The van der Waals surface area contributed by atoms with Crippen LogP contribution in [-0.4, -0.2) is 9.97 Å². The molecule has 0 spiro atoms. The highest BCUT2D eigenvalue weighted by molar-refractivity contribution is 9.10. The van der Waals surface area contributed by atoms with Crippen molar-refractivity contribution in [2.75, 3.05) is 0 Å². The molecule has 1 aliphatic rings. The number of H-pyrrole nitrogens is 1. The van der Waals surface area contributed by atoms with Gasteiger partial charge < -0.3 is 4.98 Å². The third-order valence-electron chi connectivity index (χ3n) is 3.72. The number of hydrogen-bond donors (Lipinski definition) is 1. The highest BCUT2D eigenvalue weighted by Gasteiger charge is 2.20. The van der Waals surface area contributed by atoms with E-state index in [4.69, 9.17) is 0 Å². The zero-order valence-corrected chi connectivity index (χ0v) is 12.4. The first kappa shape index (κ1) is 13.5. The van der Waals surface area contributed by atoms with E-state index >= 15 is 0 Å². The quantitative estimate of drug-likeness (QED) is 0.900. The van der Waals surface area contributed by atoms with E-state index in [0.29, 0.717) is 21.8 Å². The Morgan fingerprint density at radius 3 is 2.75 bits per heavy atom. The third-order valence-corrected chi connectivity index (χ3v) is 4.41. The van der Waals surface area contributed by atoms with Crippen molar-refractivity contribution in [3.05, 3.63) is 50.6 Å². The number of halogens is 2. The molecule has 104 valence electrons. The lowest BCUT2D eigenvalue weighted by Gasteiger charge is -2.10. The molecule has 0 atom stereocenters. The predicted molar refractivity (Wildman–Crippen MR) is 79.2 cm³/mol. The standard InChI is InChI=1S/C15H14BrFN2O/c16-12-6-5-10(17)7-11(12)15-18-13(8-14(20)19-15)9-3-1-2-4-9/h5-9H,1-4H2,(H,18,19,20). The molecule has 0 bridgehead atoms. The summed E-state index contributed by atoms with van der Waals surface area (Å²) in [5.41, 5.74) is 1.20. The molecule has 0 aliphatic heterocycles. The van der Waals surface area contributed by atoms with E-state index in [0.717, 1.165) is 18.5 Å². The summed E-state index contributed by atoms with van der Waals surface area (Å²) in [6.07, 6.45) is 4.50. The Labute approximate surface area is 124 Å². The normalized spacial score (nSPS) is 15.7. The molecule has 1 aromatic heterocycles. The molecular weight excluding hydrogens is 323 g/mol. The Balaban J connectivity index is 2.09. The maximum atomic E-state index is 13.4. The Morgan fingerprint density at radius 1 is 1.25 bits per heavy atom. The predicted octanol–water partition coefficient (Wildman–Crippen LogP) is 4.00. The van der Waals surface area contributed by atoms with Gasteiger partial charge in [-0.15, -0.1) is 0 Å². The van der Waals surface area contributed by atoms with Crippen LogP contribution in [0.4, 0.5) is 4.39 Å². The first-order chi connectivity index (χ1) is 9.63. The van der Waals surface area contributed by atoms with Gasteiger partial charge in [0.25, 0.3) is 5.56 Å². The van der Waals surface area contributed by atoms with Crippen molar-refractivity contribution < 1.29 is 4.39 Å². The van der Waals surface area contributed by atoms with Gasteiger partial charge in [0.2, 0.25) is 0 Å². The molecule has 1 N–H and O–H groups in total. The van der Waals surface area contributed by atoms with Gasteiger partial charge in [0.05, 0.1) is 5.69 Å². The molecule has 5 heteroatoms. The van der Waals surface area contributed by atoms with E-state index in [2.05, 4.69) is 25.9 Å². The Bertz CT molecular complexity index is 693. The summed E-state index contributed by atoms with van der Waals surface area (Å²) in [5.74, 6) is 0.422. The first-order valence-electron chi connectivity index (χ1n) is 6.70. The molecule has 1 saturated carbocycles. The molecule has 1 heterocycles. The highest BCUT2D eigenvalue weighted by Crippen LogP contribution is 2.33. The van der Waals surface area contributed by atoms with Crippen LogP contribution in [0.5, 0.6) is 0 Å². The molecule has 1 aliphatic carbocycles. The zero-order valence-electron chi connectivity index (χ0n) is 10.8. The second-order valence-electron chi connectivity index (χ2n) is 5.12. The van der Waals surface area contributed by atoms with Gasteiger partial charge in [-0.2, -0.15) is 0 Å². The largest absolute Gasteiger partial charge is 0.306 e. The number of benzene rings is 1. The average Bonchev–Trinajstić information content (AvgIpc) is 2.95. The van der Waals surface area contributed by atoms with Crippen molar-refractivity contribution in [1.82, 2.24) is 9.97 Å². The van der Waals surface area contributed by atoms with Crippen molar-refractivity contribution in [3.63, 3.8) is 0 Å². The summed E-state index contributed by atoms with van der Waals surface area (Å²) >= 11 is 3.37. The number of rotatable bonds is 2. The van der Waals surface area contributed by atoms with E-state index < -0.39 is 0 Å². The summed E-state index contributed by atoms with van der Waals surface area (Å²) in [4.78, 5) is 19.1. The second-order valence-corrected chi connectivity index (χ2v) is 5.98. The summed E-state index contributed by atoms with van der Waals surface area (Å²) in [6.45, 7) is 0. The lowest BCUT2D eigenvalue weighted by Crippen LogP contribution is -2.12. The number of aromatic amines is 1. The number of nitrogens with one attached hydrogen (secondary N) is 1. The van der Waals surface area contributed by atoms with Crippen molar-refractivity contribution in [2.24, 2.45) is 0 Å². The lowest BCUT2D eigenvalue weighted by atomic mass is 10.0. The number of aromatic nitrogens is 2.